The van der Waals surface area contributed by atoms with Gasteiger partial charge in [-0.05, 0) is 25.7 Å². The van der Waals surface area contributed by atoms with Gasteiger partial charge in [-0.15, -0.1) is 0 Å². The number of ether oxygens (including phenoxy) is 2. The topological polar surface area (TPSA) is 83.5 Å². The first-order chi connectivity index (χ1) is 12.1. The van der Waals surface area contributed by atoms with Crippen molar-refractivity contribution in [2.75, 3.05) is 65.8 Å². The van der Waals surface area contributed by atoms with E-state index in [2.05, 4.69) is 15.2 Å². The lowest BCUT2D eigenvalue weighted by Crippen LogP contribution is -2.48. The van der Waals surface area contributed by atoms with E-state index in [1.54, 1.807) is 18.5 Å². The maximum absolute atomic E-state index is 11.8. The Hall–Kier alpha value is -0.900. The second-order valence-electron chi connectivity index (χ2n) is 6.45. The van der Waals surface area contributed by atoms with Crippen LogP contribution >= 0.6 is 0 Å². The molecule has 2 aliphatic rings. The first kappa shape index (κ1) is 20.4. The average molecular weight is 377 g/mol. The number of hydrogen-bond acceptors (Lipinski definition) is 5. The van der Waals surface area contributed by atoms with Gasteiger partial charge in [-0.1, -0.05) is 0 Å². The van der Waals surface area contributed by atoms with Gasteiger partial charge in [0.1, 0.15) is 0 Å². The van der Waals surface area contributed by atoms with Gasteiger partial charge in [-0.3, -0.25) is 4.99 Å². The fraction of sp³-hybridized carbons (Fsp3) is 0.938. The molecule has 2 heterocycles. The lowest BCUT2D eigenvalue weighted by atomic mass is 10.1. The molecule has 25 heavy (non-hydrogen) atoms. The highest BCUT2D eigenvalue weighted by molar-refractivity contribution is 7.89. The van der Waals surface area contributed by atoms with Crippen molar-refractivity contribution in [1.82, 2.24) is 14.5 Å². The molecule has 0 aromatic rings. The van der Waals surface area contributed by atoms with Crippen LogP contribution in [0.25, 0.3) is 0 Å². The van der Waals surface area contributed by atoms with E-state index >= 15 is 0 Å². The summed E-state index contributed by atoms with van der Waals surface area (Å²) >= 11 is 0. The normalized spacial score (nSPS) is 22.5. The first-order valence-electron chi connectivity index (χ1n) is 9.11. The molecule has 0 aliphatic carbocycles. The number of guanidine groups is 1. The Morgan fingerprint density at radius 3 is 2.60 bits per heavy atom. The van der Waals surface area contributed by atoms with Crippen LogP contribution in [0.1, 0.15) is 25.7 Å². The smallest absolute Gasteiger partial charge is 0.214 e. The van der Waals surface area contributed by atoms with Gasteiger partial charge in [0.15, 0.2) is 5.96 Å². The molecule has 0 aromatic carbocycles. The molecular formula is C16H32N4O4S. The third kappa shape index (κ3) is 6.40. The van der Waals surface area contributed by atoms with Crippen molar-refractivity contribution in [2.24, 2.45) is 4.99 Å². The zero-order valence-corrected chi connectivity index (χ0v) is 16.3. The molecule has 0 spiro atoms. The van der Waals surface area contributed by atoms with Crippen molar-refractivity contribution in [2.45, 2.75) is 31.8 Å². The summed E-state index contributed by atoms with van der Waals surface area (Å²) in [4.78, 5) is 6.55. The summed E-state index contributed by atoms with van der Waals surface area (Å²) in [6.45, 7) is 5.00. The van der Waals surface area contributed by atoms with Crippen LogP contribution < -0.4 is 5.32 Å². The molecule has 0 atom stereocenters. The number of rotatable bonds is 8. The van der Waals surface area contributed by atoms with Crippen LogP contribution in [-0.2, 0) is 19.5 Å². The van der Waals surface area contributed by atoms with Gasteiger partial charge in [0.05, 0.1) is 11.9 Å². The zero-order chi connectivity index (χ0) is 18.1. The summed E-state index contributed by atoms with van der Waals surface area (Å²) < 4.78 is 36.1. The lowest BCUT2D eigenvalue weighted by molar-refractivity contribution is 0.00991. The van der Waals surface area contributed by atoms with Crippen LogP contribution in [0.15, 0.2) is 4.99 Å². The number of likely N-dealkylation sites (tertiary alicyclic amines) is 1. The summed E-state index contributed by atoms with van der Waals surface area (Å²) in [5, 5.41) is 3.29. The van der Waals surface area contributed by atoms with Gasteiger partial charge in [0.2, 0.25) is 10.0 Å². The van der Waals surface area contributed by atoms with Crippen LogP contribution in [-0.4, -0.2) is 95.5 Å². The van der Waals surface area contributed by atoms with Crippen LogP contribution in [0.4, 0.5) is 0 Å². The van der Waals surface area contributed by atoms with Crippen molar-refractivity contribution in [1.29, 1.82) is 0 Å². The van der Waals surface area contributed by atoms with Gasteiger partial charge in [-0.25, -0.2) is 12.7 Å². The van der Waals surface area contributed by atoms with Gasteiger partial charge < -0.3 is 19.7 Å². The van der Waals surface area contributed by atoms with Gasteiger partial charge in [0.25, 0.3) is 0 Å². The molecule has 2 aliphatic heterocycles. The van der Waals surface area contributed by atoms with E-state index < -0.39 is 10.0 Å². The summed E-state index contributed by atoms with van der Waals surface area (Å²) in [5.41, 5.74) is 0. The maximum Gasteiger partial charge on any atom is 0.214 e. The fourth-order valence-corrected chi connectivity index (χ4v) is 4.78. The molecule has 9 heteroatoms. The molecule has 0 saturated carbocycles. The van der Waals surface area contributed by atoms with E-state index in [-0.39, 0.29) is 5.75 Å². The second kappa shape index (κ2) is 10.3. The van der Waals surface area contributed by atoms with E-state index in [0.717, 1.165) is 57.9 Å². The summed E-state index contributed by atoms with van der Waals surface area (Å²) in [7, 11) is 0.448. The molecule has 1 N–H and O–H groups in total. The molecule has 0 radical (unpaired) electrons. The van der Waals surface area contributed by atoms with Crippen molar-refractivity contribution >= 4 is 16.0 Å². The maximum atomic E-state index is 11.8. The number of aliphatic imine (C=N–C) groups is 1. The molecule has 0 aromatic heterocycles. The van der Waals surface area contributed by atoms with Gasteiger partial charge >= 0.3 is 0 Å². The lowest BCUT2D eigenvalue weighted by Gasteiger charge is -2.34. The predicted octanol–water partition coefficient (Wildman–Crippen LogP) is 0.115. The van der Waals surface area contributed by atoms with Crippen LogP contribution in [0.5, 0.6) is 0 Å². The average Bonchev–Trinajstić information content (AvgIpc) is 2.95. The molecule has 0 amide bonds. The van der Waals surface area contributed by atoms with E-state index in [1.165, 1.54) is 0 Å². The van der Waals surface area contributed by atoms with E-state index in [4.69, 9.17) is 9.47 Å². The highest BCUT2D eigenvalue weighted by atomic mass is 32.2. The van der Waals surface area contributed by atoms with Crippen LogP contribution in [0, 0.1) is 0 Å². The minimum absolute atomic E-state index is 0.277. The van der Waals surface area contributed by atoms with E-state index in [9.17, 15) is 8.42 Å². The van der Waals surface area contributed by atoms with Gasteiger partial charge in [0, 0.05) is 60.1 Å². The monoisotopic (exact) mass is 376 g/mol. The Balaban J connectivity index is 1.66. The number of nitrogens with zero attached hydrogens (tertiary/aromatic N) is 3. The summed E-state index contributed by atoms with van der Waals surface area (Å²) in [5.74, 6) is 1.12. The van der Waals surface area contributed by atoms with Crippen LogP contribution in [0.2, 0.25) is 0 Å². The second-order valence-corrected chi connectivity index (χ2v) is 8.53. The molecule has 2 fully saturated rings. The summed E-state index contributed by atoms with van der Waals surface area (Å²) in [6.07, 6.45) is 3.93. The van der Waals surface area contributed by atoms with Crippen molar-refractivity contribution in [3.05, 3.63) is 0 Å². The SMILES string of the molecule is CN=C(NCCN1CCCS1(=O)=O)N1CCC(OCCCOC)CC1. The van der Waals surface area contributed by atoms with Crippen LogP contribution in [0.3, 0.4) is 0 Å². The van der Waals surface area contributed by atoms with E-state index in [0.29, 0.717) is 25.7 Å². The number of hydrogen-bond donors (Lipinski definition) is 1. The summed E-state index contributed by atoms with van der Waals surface area (Å²) in [6, 6.07) is 0. The predicted molar refractivity (Wildman–Crippen MR) is 98.4 cm³/mol. The zero-order valence-electron chi connectivity index (χ0n) is 15.4. The largest absolute Gasteiger partial charge is 0.385 e. The standard InChI is InChI=1S/C16H32N4O4S/c1-17-16(18-7-11-20-8-3-14-25(20,21)22)19-9-5-15(6-10-19)24-13-4-12-23-2/h15H,3-14H2,1-2H3,(H,17,18). The van der Waals surface area contributed by atoms with Crippen molar-refractivity contribution < 1.29 is 17.9 Å². The molecule has 2 rings (SSSR count). The minimum Gasteiger partial charge on any atom is -0.385 e. The molecule has 0 unspecified atom stereocenters. The van der Waals surface area contributed by atoms with Gasteiger partial charge in [-0.2, -0.15) is 0 Å². The molecule has 2 saturated heterocycles. The highest BCUT2D eigenvalue weighted by Gasteiger charge is 2.28. The fourth-order valence-electron chi connectivity index (χ4n) is 3.25. The molecular weight excluding hydrogens is 344 g/mol. The number of methoxy groups -OCH3 is 1. The molecule has 146 valence electrons. The third-order valence-corrected chi connectivity index (χ3v) is 6.60. The molecule has 8 nitrogen and oxygen atoms in total. The quantitative estimate of drug-likeness (QED) is 0.368. The first-order valence-corrected chi connectivity index (χ1v) is 10.7. The number of sulfonamides is 1. The Morgan fingerprint density at radius 2 is 2.00 bits per heavy atom. The number of nitrogens with one attached hydrogen (secondary N) is 1. The third-order valence-electron chi connectivity index (χ3n) is 4.65. The Labute approximate surface area is 151 Å². The molecule has 0 bridgehead atoms. The Morgan fingerprint density at radius 1 is 1.24 bits per heavy atom. The van der Waals surface area contributed by atoms with Crippen molar-refractivity contribution in [3.63, 3.8) is 0 Å². The van der Waals surface area contributed by atoms with Crippen molar-refractivity contribution in [3.8, 4) is 0 Å². The number of piperidine rings is 1. The highest BCUT2D eigenvalue weighted by Crippen LogP contribution is 2.15. The minimum atomic E-state index is -3.02. The Bertz CT molecular complexity index is 518. The van der Waals surface area contributed by atoms with E-state index in [1.807, 2.05) is 0 Å². The Kier molecular flexibility index (Phi) is 8.41.